The van der Waals surface area contributed by atoms with Gasteiger partial charge in [0.15, 0.2) is 0 Å². The predicted octanol–water partition coefficient (Wildman–Crippen LogP) is 5.20. The Labute approximate surface area is 205 Å². The fourth-order valence-electron chi connectivity index (χ4n) is 5.08. The smallest absolute Gasteiger partial charge is 0.254 e. The Balaban J connectivity index is 1.11. The molecule has 1 aliphatic rings. The second-order valence-electron chi connectivity index (χ2n) is 9.29. The molecule has 1 amide bonds. The molecule has 2 heterocycles. The SMILES string of the molecule is O=C(c1cccc2ccccc12)N1CCN(Cc2cncn2Cc2ccc3ccccc3c2)CC1. The molecule has 0 aliphatic carbocycles. The Morgan fingerprint density at radius 2 is 1.49 bits per heavy atom. The molecule has 1 aliphatic heterocycles. The number of rotatable bonds is 5. The van der Waals surface area contributed by atoms with Crippen molar-refractivity contribution in [3.8, 4) is 0 Å². The maximum absolute atomic E-state index is 13.3. The number of carbonyl (C=O) groups is 1. The van der Waals surface area contributed by atoms with E-state index in [1.54, 1.807) is 0 Å². The van der Waals surface area contributed by atoms with Crippen molar-refractivity contribution in [3.63, 3.8) is 0 Å². The van der Waals surface area contributed by atoms with Gasteiger partial charge in [0.05, 0.1) is 12.0 Å². The monoisotopic (exact) mass is 460 g/mol. The molecule has 5 heteroatoms. The molecule has 1 fully saturated rings. The lowest BCUT2D eigenvalue weighted by atomic mass is 10.0. The molecule has 0 unspecified atom stereocenters. The van der Waals surface area contributed by atoms with Gasteiger partial charge in [-0.2, -0.15) is 0 Å². The molecule has 0 radical (unpaired) electrons. The van der Waals surface area contributed by atoms with Crippen LogP contribution < -0.4 is 0 Å². The normalized spacial score (nSPS) is 14.6. The van der Waals surface area contributed by atoms with Crippen molar-refractivity contribution in [1.82, 2.24) is 19.4 Å². The summed E-state index contributed by atoms with van der Waals surface area (Å²) in [5.74, 6) is 0.128. The van der Waals surface area contributed by atoms with E-state index >= 15 is 0 Å². The van der Waals surface area contributed by atoms with Crippen molar-refractivity contribution >= 4 is 27.5 Å². The first-order chi connectivity index (χ1) is 17.2. The molecular formula is C30H28N4O. The minimum Gasteiger partial charge on any atom is -0.336 e. The zero-order valence-corrected chi connectivity index (χ0v) is 19.7. The number of imidazole rings is 1. The van der Waals surface area contributed by atoms with Gasteiger partial charge in [0, 0.05) is 51.0 Å². The molecule has 35 heavy (non-hydrogen) atoms. The Morgan fingerprint density at radius 3 is 2.34 bits per heavy atom. The summed E-state index contributed by atoms with van der Waals surface area (Å²) in [6.07, 6.45) is 3.89. The Hall–Kier alpha value is -3.96. The maximum atomic E-state index is 13.3. The third-order valence-electron chi connectivity index (χ3n) is 7.03. The standard InChI is InChI=1S/C30H28N4O/c35-30(29-11-5-9-25-7-3-4-10-28(25)29)33-16-14-32(15-17-33)21-27-19-31-22-34(27)20-23-12-13-24-6-1-2-8-26(24)18-23/h1-13,18-19,22H,14-17,20-21H2. The third-order valence-corrected chi connectivity index (χ3v) is 7.03. The Morgan fingerprint density at radius 1 is 0.743 bits per heavy atom. The Kier molecular flexibility index (Phi) is 5.76. The highest BCUT2D eigenvalue weighted by Gasteiger charge is 2.24. The quantitative estimate of drug-likeness (QED) is 0.362. The number of nitrogens with zero attached hydrogens (tertiary/aromatic N) is 4. The third kappa shape index (κ3) is 4.43. The number of piperazine rings is 1. The molecule has 6 rings (SSSR count). The average Bonchev–Trinajstić information content (AvgIpc) is 3.34. The molecule has 1 aromatic heterocycles. The van der Waals surface area contributed by atoms with Crippen LogP contribution in [-0.4, -0.2) is 51.4 Å². The van der Waals surface area contributed by atoms with E-state index in [-0.39, 0.29) is 5.91 Å². The summed E-state index contributed by atoms with van der Waals surface area (Å²) in [6, 6.07) is 29.2. The summed E-state index contributed by atoms with van der Waals surface area (Å²) in [5.41, 5.74) is 3.27. The van der Waals surface area contributed by atoms with Gasteiger partial charge >= 0.3 is 0 Å². The number of hydrogen-bond donors (Lipinski definition) is 0. The molecule has 0 spiro atoms. The van der Waals surface area contributed by atoms with Crippen LogP contribution in [0.15, 0.2) is 97.5 Å². The number of benzene rings is 4. The molecule has 4 aromatic carbocycles. The summed E-state index contributed by atoms with van der Waals surface area (Å²) in [7, 11) is 0. The van der Waals surface area contributed by atoms with Crippen molar-refractivity contribution in [2.75, 3.05) is 26.2 Å². The van der Waals surface area contributed by atoms with Gasteiger partial charge in [0.2, 0.25) is 0 Å². The van der Waals surface area contributed by atoms with E-state index in [0.29, 0.717) is 0 Å². The zero-order chi connectivity index (χ0) is 23.6. The van der Waals surface area contributed by atoms with Gasteiger partial charge < -0.3 is 9.47 Å². The van der Waals surface area contributed by atoms with Gasteiger partial charge in [-0.05, 0) is 39.2 Å². The maximum Gasteiger partial charge on any atom is 0.254 e. The second kappa shape index (κ2) is 9.35. The van der Waals surface area contributed by atoms with E-state index in [4.69, 9.17) is 0 Å². The summed E-state index contributed by atoms with van der Waals surface area (Å²) >= 11 is 0. The fraction of sp³-hybridized carbons (Fsp3) is 0.200. The van der Waals surface area contributed by atoms with Crippen LogP contribution in [0.3, 0.4) is 0 Å². The van der Waals surface area contributed by atoms with Gasteiger partial charge in [0.1, 0.15) is 0 Å². The van der Waals surface area contributed by atoms with Crippen molar-refractivity contribution in [3.05, 3.63) is 114 Å². The van der Waals surface area contributed by atoms with Gasteiger partial charge in [0.25, 0.3) is 5.91 Å². The van der Waals surface area contributed by atoms with Crippen molar-refractivity contribution in [1.29, 1.82) is 0 Å². The summed E-state index contributed by atoms with van der Waals surface area (Å²) in [5, 5.41) is 4.66. The lowest BCUT2D eigenvalue weighted by Gasteiger charge is -2.35. The van der Waals surface area contributed by atoms with Crippen LogP contribution in [0, 0.1) is 0 Å². The van der Waals surface area contributed by atoms with E-state index in [9.17, 15) is 4.79 Å². The van der Waals surface area contributed by atoms with Crippen LogP contribution in [0.1, 0.15) is 21.6 Å². The number of amides is 1. The van der Waals surface area contributed by atoms with E-state index in [1.165, 1.54) is 22.0 Å². The minimum atomic E-state index is 0.128. The van der Waals surface area contributed by atoms with Gasteiger partial charge in [-0.25, -0.2) is 4.98 Å². The van der Waals surface area contributed by atoms with Gasteiger partial charge in [-0.15, -0.1) is 0 Å². The topological polar surface area (TPSA) is 41.4 Å². The summed E-state index contributed by atoms with van der Waals surface area (Å²) < 4.78 is 2.23. The number of fused-ring (bicyclic) bond motifs is 2. The highest BCUT2D eigenvalue weighted by molar-refractivity contribution is 6.07. The molecule has 0 bridgehead atoms. The zero-order valence-electron chi connectivity index (χ0n) is 19.7. The first-order valence-electron chi connectivity index (χ1n) is 12.2. The Bertz CT molecular complexity index is 1490. The number of carbonyl (C=O) groups excluding carboxylic acids is 1. The predicted molar refractivity (Wildman–Crippen MR) is 140 cm³/mol. The molecule has 5 nitrogen and oxygen atoms in total. The van der Waals surface area contributed by atoms with E-state index in [1.807, 2.05) is 47.8 Å². The molecular weight excluding hydrogens is 432 g/mol. The van der Waals surface area contributed by atoms with Crippen molar-refractivity contribution in [2.24, 2.45) is 0 Å². The van der Waals surface area contributed by atoms with E-state index < -0.39 is 0 Å². The molecule has 174 valence electrons. The van der Waals surface area contributed by atoms with Crippen LogP contribution in [0.25, 0.3) is 21.5 Å². The molecule has 1 saturated heterocycles. The van der Waals surface area contributed by atoms with E-state index in [2.05, 4.69) is 69.0 Å². The molecule has 5 aromatic rings. The first kappa shape index (κ1) is 21.6. The van der Waals surface area contributed by atoms with Gasteiger partial charge in [-0.3, -0.25) is 9.69 Å². The first-order valence-corrected chi connectivity index (χ1v) is 12.2. The van der Waals surface area contributed by atoms with Crippen LogP contribution in [-0.2, 0) is 13.1 Å². The average molecular weight is 461 g/mol. The fourth-order valence-corrected chi connectivity index (χ4v) is 5.08. The minimum absolute atomic E-state index is 0.128. The van der Waals surface area contributed by atoms with Crippen LogP contribution >= 0.6 is 0 Å². The van der Waals surface area contributed by atoms with Gasteiger partial charge in [-0.1, -0.05) is 72.8 Å². The van der Waals surface area contributed by atoms with Crippen molar-refractivity contribution < 1.29 is 4.79 Å². The lowest BCUT2D eigenvalue weighted by molar-refractivity contribution is 0.0627. The van der Waals surface area contributed by atoms with Crippen molar-refractivity contribution in [2.45, 2.75) is 13.1 Å². The van der Waals surface area contributed by atoms with Crippen LogP contribution in [0.5, 0.6) is 0 Å². The lowest BCUT2D eigenvalue weighted by Crippen LogP contribution is -2.48. The molecule has 0 saturated carbocycles. The van der Waals surface area contributed by atoms with E-state index in [0.717, 1.165) is 55.6 Å². The highest BCUT2D eigenvalue weighted by Crippen LogP contribution is 2.21. The summed E-state index contributed by atoms with van der Waals surface area (Å²) in [4.78, 5) is 22.1. The van der Waals surface area contributed by atoms with Crippen LogP contribution in [0.4, 0.5) is 0 Å². The summed E-state index contributed by atoms with van der Waals surface area (Å²) in [6.45, 7) is 4.83. The highest BCUT2D eigenvalue weighted by atomic mass is 16.2. The molecule has 0 N–H and O–H groups in total. The van der Waals surface area contributed by atoms with Crippen LogP contribution in [0.2, 0.25) is 0 Å². The number of aromatic nitrogens is 2. The number of hydrogen-bond acceptors (Lipinski definition) is 3. The largest absolute Gasteiger partial charge is 0.336 e. The second-order valence-corrected chi connectivity index (χ2v) is 9.29. The molecule has 0 atom stereocenters.